The second kappa shape index (κ2) is 16.5. The van der Waals surface area contributed by atoms with Gasteiger partial charge in [0.25, 0.3) is 5.28 Å². The second-order valence-electron chi connectivity index (χ2n) is 9.27. The smallest absolute Gasteiger partial charge is 0.376 e. The van der Waals surface area contributed by atoms with Crippen molar-refractivity contribution in [1.29, 1.82) is 0 Å². The maximum absolute atomic E-state index is 11.9. The standard InChI is InChI=1S/C24H49NO2P/c1-6-8-9-10-11-12-13-14-15-16-17-18-19-20-21-22-23-24(7-2,28(26)27)25(3,4)5/h8-9H,6-7,10-23H2,1-5H3/q+1/b9-8-. The SMILES string of the molecule is CC/C=C\CCCCCCCCCCCCCCC(CC)([P+](=O)[O-])[N+](C)(C)C. The second-order valence-corrected chi connectivity index (χ2v) is 10.6. The van der Waals surface area contributed by atoms with Gasteiger partial charge in [0.2, 0.25) is 0 Å². The fraction of sp³-hybridized carbons (Fsp3) is 0.917. The third kappa shape index (κ3) is 11.7. The van der Waals surface area contributed by atoms with Crippen LogP contribution in [-0.4, -0.2) is 30.9 Å². The lowest BCUT2D eigenvalue weighted by molar-refractivity contribution is -0.910. The van der Waals surface area contributed by atoms with E-state index >= 15 is 0 Å². The fourth-order valence-corrected chi connectivity index (χ4v) is 5.26. The summed E-state index contributed by atoms with van der Waals surface area (Å²) in [5.74, 6) is 0. The summed E-state index contributed by atoms with van der Waals surface area (Å²) in [7, 11) is 3.63. The molecular formula is C24H49NO2P+. The third-order valence-corrected chi connectivity index (χ3v) is 8.07. The number of nitrogens with zero attached hydrogens (tertiary/aromatic N) is 1. The van der Waals surface area contributed by atoms with Gasteiger partial charge in [-0.05, 0) is 25.7 Å². The molecular weight excluding hydrogens is 365 g/mol. The normalized spacial score (nSPS) is 15.1. The minimum absolute atomic E-state index is 0.512. The number of unbranched alkanes of at least 4 members (excludes halogenated alkanes) is 12. The van der Waals surface area contributed by atoms with Gasteiger partial charge in [-0.15, -0.1) is 0 Å². The molecule has 0 bridgehead atoms. The minimum Gasteiger partial charge on any atom is -0.590 e. The fourth-order valence-electron chi connectivity index (χ4n) is 4.17. The lowest BCUT2D eigenvalue weighted by atomic mass is 10.0. The molecule has 0 radical (unpaired) electrons. The maximum Gasteiger partial charge on any atom is 0.376 e. The topological polar surface area (TPSA) is 40.1 Å². The Morgan fingerprint density at radius 2 is 1.18 bits per heavy atom. The van der Waals surface area contributed by atoms with Crippen LogP contribution >= 0.6 is 8.03 Å². The Morgan fingerprint density at radius 3 is 1.54 bits per heavy atom. The lowest BCUT2D eigenvalue weighted by Crippen LogP contribution is -2.55. The molecule has 0 aromatic rings. The van der Waals surface area contributed by atoms with Crippen molar-refractivity contribution >= 4 is 8.03 Å². The van der Waals surface area contributed by atoms with E-state index in [0.717, 1.165) is 25.7 Å². The average Bonchev–Trinajstić information content (AvgIpc) is 2.63. The van der Waals surface area contributed by atoms with Gasteiger partial charge in [-0.3, -0.25) is 4.48 Å². The first-order valence-electron chi connectivity index (χ1n) is 11.9. The molecule has 0 aromatic heterocycles. The summed E-state index contributed by atoms with van der Waals surface area (Å²) in [6.45, 7) is 4.20. The Bertz CT molecular complexity index is 417. The number of allylic oxidation sites excluding steroid dienone is 2. The molecule has 4 heteroatoms. The van der Waals surface area contributed by atoms with E-state index in [4.69, 9.17) is 0 Å². The van der Waals surface area contributed by atoms with Crippen LogP contribution < -0.4 is 4.89 Å². The lowest BCUT2D eigenvalue weighted by Gasteiger charge is -2.39. The van der Waals surface area contributed by atoms with E-state index in [2.05, 4.69) is 19.1 Å². The highest BCUT2D eigenvalue weighted by Gasteiger charge is 2.52. The summed E-state index contributed by atoms with van der Waals surface area (Å²) in [4.78, 5) is 11.9. The van der Waals surface area contributed by atoms with E-state index in [1.807, 2.05) is 28.1 Å². The molecule has 0 aliphatic heterocycles. The Labute approximate surface area is 177 Å². The number of hydrogen-bond donors (Lipinski definition) is 0. The molecule has 2 atom stereocenters. The van der Waals surface area contributed by atoms with Crippen LogP contribution in [0.5, 0.6) is 0 Å². The molecule has 28 heavy (non-hydrogen) atoms. The highest BCUT2D eigenvalue weighted by molar-refractivity contribution is 7.38. The van der Waals surface area contributed by atoms with Gasteiger partial charge in [-0.2, -0.15) is 0 Å². The zero-order valence-corrected chi connectivity index (χ0v) is 20.6. The van der Waals surface area contributed by atoms with E-state index in [1.165, 1.54) is 70.6 Å². The maximum atomic E-state index is 11.9. The molecule has 0 spiro atoms. The highest BCUT2D eigenvalue weighted by Crippen LogP contribution is 2.44. The summed E-state index contributed by atoms with van der Waals surface area (Å²) in [5, 5.41) is -0.596. The molecule has 0 N–H and O–H groups in total. The van der Waals surface area contributed by atoms with Crippen LogP contribution in [0.1, 0.15) is 117 Å². The molecule has 166 valence electrons. The van der Waals surface area contributed by atoms with Crippen LogP contribution in [0.4, 0.5) is 0 Å². The highest BCUT2D eigenvalue weighted by atomic mass is 31.1. The van der Waals surface area contributed by atoms with Crippen molar-refractivity contribution in [2.45, 2.75) is 122 Å². The molecule has 0 rings (SSSR count). The first-order chi connectivity index (χ1) is 13.3. The van der Waals surface area contributed by atoms with Crippen LogP contribution in [0.3, 0.4) is 0 Å². The van der Waals surface area contributed by atoms with Gasteiger partial charge in [-0.25, -0.2) is 0 Å². The van der Waals surface area contributed by atoms with Crippen LogP contribution in [0.2, 0.25) is 0 Å². The molecule has 0 saturated heterocycles. The van der Waals surface area contributed by atoms with Gasteiger partial charge in [0.1, 0.15) is 0 Å². The molecule has 0 fully saturated rings. The van der Waals surface area contributed by atoms with Crippen LogP contribution in [-0.2, 0) is 4.57 Å². The largest absolute Gasteiger partial charge is 0.590 e. The van der Waals surface area contributed by atoms with Gasteiger partial charge in [0.05, 0.1) is 21.1 Å². The predicted octanol–water partition coefficient (Wildman–Crippen LogP) is 7.33. The summed E-state index contributed by atoms with van der Waals surface area (Å²) in [6.07, 6.45) is 24.3. The van der Waals surface area contributed by atoms with Crippen LogP contribution in [0, 0.1) is 0 Å². The first-order valence-corrected chi connectivity index (χ1v) is 13.1. The summed E-state index contributed by atoms with van der Waals surface area (Å²) in [6, 6.07) is 0. The zero-order valence-electron chi connectivity index (χ0n) is 19.7. The van der Waals surface area contributed by atoms with Crippen molar-refractivity contribution in [2.75, 3.05) is 21.1 Å². The van der Waals surface area contributed by atoms with Crippen molar-refractivity contribution in [3.63, 3.8) is 0 Å². The van der Waals surface area contributed by atoms with Crippen LogP contribution in [0.25, 0.3) is 0 Å². The zero-order chi connectivity index (χ0) is 21.3. The Morgan fingerprint density at radius 1 is 0.750 bits per heavy atom. The van der Waals surface area contributed by atoms with Crippen molar-refractivity contribution in [2.24, 2.45) is 0 Å². The monoisotopic (exact) mass is 414 g/mol. The van der Waals surface area contributed by atoms with Crippen LogP contribution in [0.15, 0.2) is 12.2 Å². The molecule has 2 unspecified atom stereocenters. The third-order valence-electron chi connectivity index (χ3n) is 6.26. The number of rotatable bonds is 19. The van der Waals surface area contributed by atoms with Crippen molar-refractivity contribution in [3.8, 4) is 0 Å². The number of hydrogen-bond acceptors (Lipinski definition) is 2. The molecule has 0 aromatic carbocycles. The summed E-state index contributed by atoms with van der Waals surface area (Å²) < 4.78 is 12.4. The Kier molecular flexibility index (Phi) is 16.4. The first kappa shape index (κ1) is 27.8. The van der Waals surface area contributed by atoms with E-state index in [0.29, 0.717) is 10.9 Å². The van der Waals surface area contributed by atoms with E-state index in [-0.39, 0.29) is 0 Å². The predicted molar refractivity (Wildman–Crippen MR) is 123 cm³/mol. The summed E-state index contributed by atoms with van der Waals surface area (Å²) in [5.41, 5.74) is 0. The average molecular weight is 415 g/mol. The quantitative estimate of drug-likeness (QED) is 0.0960. The van der Waals surface area contributed by atoms with E-state index < -0.39 is 13.3 Å². The van der Waals surface area contributed by atoms with Gasteiger partial charge < -0.3 is 4.89 Å². The van der Waals surface area contributed by atoms with E-state index in [1.54, 1.807) is 0 Å². The van der Waals surface area contributed by atoms with Gasteiger partial charge in [0, 0.05) is 12.8 Å². The molecule has 0 amide bonds. The van der Waals surface area contributed by atoms with Crippen molar-refractivity contribution in [3.05, 3.63) is 12.2 Å². The Balaban J connectivity index is 3.60. The molecule has 0 heterocycles. The molecule has 0 saturated carbocycles. The van der Waals surface area contributed by atoms with Crippen molar-refractivity contribution < 1.29 is 13.9 Å². The summed E-state index contributed by atoms with van der Waals surface area (Å²) >= 11 is 0. The molecule has 3 nitrogen and oxygen atoms in total. The van der Waals surface area contributed by atoms with Gasteiger partial charge >= 0.3 is 8.03 Å². The van der Waals surface area contributed by atoms with E-state index in [9.17, 15) is 9.46 Å². The number of quaternary nitrogens is 1. The Hall–Kier alpha value is -0.240. The molecule has 0 aliphatic carbocycles. The minimum atomic E-state index is -2.41. The van der Waals surface area contributed by atoms with Gasteiger partial charge in [-0.1, -0.05) is 94.8 Å². The molecule has 0 aliphatic rings. The van der Waals surface area contributed by atoms with Crippen molar-refractivity contribution in [1.82, 2.24) is 0 Å². The van der Waals surface area contributed by atoms with Gasteiger partial charge in [0.15, 0.2) is 0 Å².